The van der Waals surface area contributed by atoms with Crippen molar-refractivity contribution in [3.8, 4) is 0 Å². The summed E-state index contributed by atoms with van der Waals surface area (Å²) in [7, 11) is 0. The number of aromatic nitrogens is 2. The van der Waals surface area contributed by atoms with E-state index in [1.54, 1.807) is 18.2 Å². The van der Waals surface area contributed by atoms with Crippen LogP contribution in [0.3, 0.4) is 0 Å². The van der Waals surface area contributed by atoms with Gasteiger partial charge in [0.05, 0.1) is 6.04 Å². The van der Waals surface area contributed by atoms with Crippen LogP contribution in [0.5, 0.6) is 0 Å². The molecular formula is C16H20Cl2N4O. The van der Waals surface area contributed by atoms with E-state index in [0.29, 0.717) is 22.4 Å². The summed E-state index contributed by atoms with van der Waals surface area (Å²) in [4.78, 5) is 12.3. The monoisotopic (exact) mass is 354 g/mol. The number of nitrogens with one attached hydrogen (secondary N) is 2. The molecule has 124 valence electrons. The van der Waals surface area contributed by atoms with E-state index in [0.717, 1.165) is 31.5 Å². The van der Waals surface area contributed by atoms with Crippen molar-refractivity contribution >= 4 is 35.6 Å². The molecule has 0 bridgehead atoms. The Morgan fingerprint density at radius 2 is 2.26 bits per heavy atom. The predicted molar refractivity (Wildman–Crippen MR) is 94.8 cm³/mol. The maximum absolute atomic E-state index is 12.3. The van der Waals surface area contributed by atoms with Crippen molar-refractivity contribution in [2.24, 2.45) is 0 Å². The zero-order valence-corrected chi connectivity index (χ0v) is 14.5. The largest absolute Gasteiger partial charge is 0.320 e. The molecule has 1 aromatic heterocycles. The molecular weight excluding hydrogens is 335 g/mol. The van der Waals surface area contributed by atoms with E-state index in [1.807, 2.05) is 23.9 Å². The van der Waals surface area contributed by atoms with E-state index in [9.17, 15) is 4.79 Å². The number of aryl methyl sites for hydroxylation is 1. The summed E-state index contributed by atoms with van der Waals surface area (Å²) in [5.74, 6) is -0.215. The molecule has 1 atom stereocenters. The SMILES string of the molecule is Cc1ccc(Cl)cc1NC(=O)c1ccn(C2CCCNC2)n1.Cl. The third-order valence-electron chi connectivity index (χ3n) is 3.93. The van der Waals surface area contributed by atoms with Crippen LogP contribution < -0.4 is 10.6 Å². The van der Waals surface area contributed by atoms with Gasteiger partial charge < -0.3 is 10.6 Å². The molecule has 2 aromatic rings. The third-order valence-corrected chi connectivity index (χ3v) is 4.17. The van der Waals surface area contributed by atoms with Gasteiger partial charge in [-0.2, -0.15) is 5.10 Å². The molecule has 3 rings (SSSR count). The van der Waals surface area contributed by atoms with Gasteiger partial charge in [-0.05, 0) is 50.1 Å². The molecule has 1 aromatic carbocycles. The summed E-state index contributed by atoms with van der Waals surface area (Å²) in [6, 6.07) is 7.51. The molecule has 0 aliphatic carbocycles. The molecule has 0 radical (unpaired) electrons. The number of halogens is 2. The topological polar surface area (TPSA) is 59.0 Å². The fourth-order valence-corrected chi connectivity index (χ4v) is 2.81. The van der Waals surface area contributed by atoms with Gasteiger partial charge in [0, 0.05) is 23.5 Å². The summed E-state index contributed by atoms with van der Waals surface area (Å²) in [5, 5.41) is 11.2. The highest BCUT2D eigenvalue weighted by Crippen LogP contribution is 2.21. The number of benzene rings is 1. The van der Waals surface area contributed by atoms with Crippen LogP contribution in [0.1, 0.15) is 34.9 Å². The first-order valence-electron chi connectivity index (χ1n) is 7.47. The minimum Gasteiger partial charge on any atom is -0.320 e. The Kier molecular flexibility index (Phi) is 6.04. The first-order chi connectivity index (χ1) is 10.6. The number of rotatable bonds is 3. The van der Waals surface area contributed by atoms with Crippen molar-refractivity contribution in [3.63, 3.8) is 0 Å². The Morgan fingerprint density at radius 3 is 3.00 bits per heavy atom. The summed E-state index contributed by atoms with van der Waals surface area (Å²) in [6.45, 7) is 3.88. The summed E-state index contributed by atoms with van der Waals surface area (Å²) in [6.07, 6.45) is 4.09. The van der Waals surface area contributed by atoms with Crippen molar-refractivity contribution in [2.45, 2.75) is 25.8 Å². The normalized spacial score (nSPS) is 17.4. The molecule has 2 N–H and O–H groups in total. The molecule has 1 fully saturated rings. The second-order valence-corrected chi connectivity index (χ2v) is 6.03. The lowest BCUT2D eigenvalue weighted by Gasteiger charge is -2.22. The Labute approximate surface area is 146 Å². The number of carbonyl (C=O) groups is 1. The Bertz CT molecular complexity index is 680. The highest BCUT2D eigenvalue weighted by molar-refractivity contribution is 6.31. The minimum absolute atomic E-state index is 0. The molecule has 5 nitrogen and oxygen atoms in total. The highest BCUT2D eigenvalue weighted by Gasteiger charge is 2.18. The second-order valence-electron chi connectivity index (χ2n) is 5.59. The summed E-state index contributed by atoms with van der Waals surface area (Å²) < 4.78 is 1.88. The van der Waals surface area contributed by atoms with Gasteiger partial charge in [-0.15, -0.1) is 12.4 Å². The van der Waals surface area contributed by atoms with Crippen LogP contribution in [0.25, 0.3) is 0 Å². The first kappa shape index (κ1) is 17.8. The van der Waals surface area contributed by atoms with Crippen LogP contribution >= 0.6 is 24.0 Å². The average Bonchev–Trinajstić information content (AvgIpc) is 3.02. The van der Waals surface area contributed by atoms with Crippen LogP contribution in [0.2, 0.25) is 5.02 Å². The van der Waals surface area contributed by atoms with Gasteiger partial charge in [0.25, 0.3) is 5.91 Å². The molecule has 0 spiro atoms. The Balaban J connectivity index is 0.00000192. The van der Waals surface area contributed by atoms with E-state index in [2.05, 4.69) is 15.7 Å². The van der Waals surface area contributed by atoms with Gasteiger partial charge in [0.2, 0.25) is 0 Å². The van der Waals surface area contributed by atoms with E-state index in [-0.39, 0.29) is 18.3 Å². The maximum Gasteiger partial charge on any atom is 0.276 e. The van der Waals surface area contributed by atoms with E-state index < -0.39 is 0 Å². The number of anilines is 1. The Hall–Kier alpha value is -1.56. The number of hydrogen-bond acceptors (Lipinski definition) is 3. The number of nitrogens with zero attached hydrogens (tertiary/aromatic N) is 2. The van der Waals surface area contributed by atoms with Gasteiger partial charge in [-0.1, -0.05) is 17.7 Å². The molecule has 23 heavy (non-hydrogen) atoms. The lowest BCUT2D eigenvalue weighted by Crippen LogP contribution is -2.32. The first-order valence-corrected chi connectivity index (χ1v) is 7.84. The lowest BCUT2D eigenvalue weighted by atomic mass is 10.1. The molecule has 7 heteroatoms. The highest BCUT2D eigenvalue weighted by atomic mass is 35.5. The molecule has 1 aliphatic heterocycles. The van der Waals surface area contributed by atoms with Crippen molar-refractivity contribution in [1.82, 2.24) is 15.1 Å². The number of amides is 1. The molecule has 1 aliphatic rings. The molecule has 0 saturated carbocycles. The quantitative estimate of drug-likeness (QED) is 0.887. The van der Waals surface area contributed by atoms with Crippen LogP contribution in [-0.4, -0.2) is 28.8 Å². The van der Waals surface area contributed by atoms with E-state index in [4.69, 9.17) is 11.6 Å². The standard InChI is InChI=1S/C16H19ClN4O.ClH/c1-11-4-5-12(17)9-15(11)19-16(22)14-6-8-21(20-14)13-3-2-7-18-10-13;/h4-6,8-9,13,18H,2-3,7,10H2,1H3,(H,19,22);1H. The van der Waals surface area contributed by atoms with Crippen LogP contribution in [0, 0.1) is 6.92 Å². The van der Waals surface area contributed by atoms with Crippen molar-refractivity contribution in [3.05, 3.63) is 46.7 Å². The molecule has 1 unspecified atom stereocenters. The molecule has 1 amide bonds. The van der Waals surface area contributed by atoms with Crippen LogP contribution in [0.4, 0.5) is 5.69 Å². The third kappa shape index (κ3) is 4.25. The predicted octanol–water partition coefficient (Wildman–Crippen LogP) is 3.44. The van der Waals surface area contributed by atoms with E-state index in [1.165, 1.54) is 0 Å². The average molecular weight is 355 g/mol. The Morgan fingerprint density at radius 1 is 1.43 bits per heavy atom. The smallest absolute Gasteiger partial charge is 0.276 e. The zero-order valence-electron chi connectivity index (χ0n) is 12.9. The van der Waals surface area contributed by atoms with Gasteiger partial charge >= 0.3 is 0 Å². The van der Waals surface area contributed by atoms with Crippen LogP contribution in [0.15, 0.2) is 30.5 Å². The number of hydrogen-bond donors (Lipinski definition) is 2. The molecule has 1 saturated heterocycles. The summed E-state index contributed by atoms with van der Waals surface area (Å²) >= 11 is 5.97. The minimum atomic E-state index is -0.215. The second kappa shape index (κ2) is 7.81. The summed E-state index contributed by atoms with van der Waals surface area (Å²) in [5.41, 5.74) is 2.10. The van der Waals surface area contributed by atoms with Crippen molar-refractivity contribution in [2.75, 3.05) is 18.4 Å². The van der Waals surface area contributed by atoms with Gasteiger partial charge in [-0.25, -0.2) is 0 Å². The van der Waals surface area contributed by atoms with Crippen LogP contribution in [-0.2, 0) is 0 Å². The zero-order chi connectivity index (χ0) is 15.5. The van der Waals surface area contributed by atoms with Crippen molar-refractivity contribution in [1.29, 1.82) is 0 Å². The maximum atomic E-state index is 12.3. The molecule has 2 heterocycles. The fourth-order valence-electron chi connectivity index (χ4n) is 2.64. The van der Waals surface area contributed by atoms with E-state index >= 15 is 0 Å². The van der Waals surface area contributed by atoms with Gasteiger partial charge in [0.1, 0.15) is 0 Å². The van der Waals surface area contributed by atoms with Gasteiger partial charge in [0.15, 0.2) is 5.69 Å². The fraction of sp³-hybridized carbons (Fsp3) is 0.375. The number of piperidine rings is 1. The lowest BCUT2D eigenvalue weighted by molar-refractivity contribution is 0.102. The van der Waals surface area contributed by atoms with Crippen molar-refractivity contribution < 1.29 is 4.79 Å². The van der Waals surface area contributed by atoms with Gasteiger partial charge in [-0.3, -0.25) is 9.48 Å². The number of carbonyl (C=O) groups excluding carboxylic acids is 1.